The molecule has 202 valence electrons. The van der Waals surface area contributed by atoms with Gasteiger partial charge in [-0.15, -0.1) is 0 Å². The zero-order valence-electron chi connectivity index (χ0n) is 21.5. The highest BCUT2D eigenvalue weighted by molar-refractivity contribution is 5.99. The van der Waals surface area contributed by atoms with Crippen molar-refractivity contribution in [1.29, 1.82) is 5.26 Å². The summed E-state index contributed by atoms with van der Waals surface area (Å²) >= 11 is 0. The van der Waals surface area contributed by atoms with Gasteiger partial charge in [0.2, 0.25) is 11.8 Å². The first kappa shape index (κ1) is 27.9. The highest BCUT2D eigenvalue weighted by Crippen LogP contribution is 2.39. The Morgan fingerprint density at radius 1 is 1.21 bits per heavy atom. The normalized spacial score (nSPS) is 19.1. The number of piperidine rings is 1. The molecule has 2 aliphatic heterocycles. The first-order valence-electron chi connectivity index (χ1n) is 12.7. The molecule has 1 fully saturated rings. The predicted molar refractivity (Wildman–Crippen MR) is 137 cm³/mol. The molecule has 1 unspecified atom stereocenters. The molecule has 2 aromatic carbocycles. The zero-order valence-corrected chi connectivity index (χ0v) is 21.5. The van der Waals surface area contributed by atoms with Crippen LogP contribution in [0.5, 0.6) is 0 Å². The number of allylic oxidation sites excluding steroid dienone is 1. The van der Waals surface area contributed by atoms with E-state index in [1.54, 1.807) is 6.92 Å². The highest BCUT2D eigenvalue weighted by atomic mass is 19.2. The van der Waals surface area contributed by atoms with E-state index < -0.39 is 28.9 Å². The van der Waals surface area contributed by atoms with Gasteiger partial charge in [-0.05, 0) is 55.8 Å². The van der Waals surface area contributed by atoms with Crippen molar-refractivity contribution in [1.82, 2.24) is 15.5 Å². The number of nitrogens with zero attached hydrogens (tertiary/aromatic N) is 3. The molecule has 0 aromatic heterocycles. The number of likely N-dealkylation sites (tertiary alicyclic amines) is 1. The number of hydrogen-bond acceptors (Lipinski definition) is 4. The second-order valence-electron chi connectivity index (χ2n) is 9.91. The second kappa shape index (κ2) is 11.7. The van der Waals surface area contributed by atoms with Crippen LogP contribution in [0.1, 0.15) is 55.2 Å². The Labute approximate surface area is 225 Å². The summed E-state index contributed by atoms with van der Waals surface area (Å²) in [5.41, 5.74) is 0.925. The monoisotopic (exact) mass is 535 g/mol. The van der Waals surface area contributed by atoms with E-state index >= 15 is 0 Å². The molecule has 0 spiro atoms. The standard InChI is InChI=1S/C29H28F3N5O2/c1-18-27(22(16-26(38)36-18)19-4-7-24(31)25(32)15-19)28(39)35-10-3-11-37-12-8-29(34-2,9-13-37)23-6-5-21(30)14-20(23)17-33/h4-7,14-15,22H,3,8-13,16H2,1H3,(H,35,39)(H,36,38). The van der Waals surface area contributed by atoms with Crippen molar-refractivity contribution in [3.63, 3.8) is 0 Å². The van der Waals surface area contributed by atoms with Crippen LogP contribution >= 0.6 is 0 Å². The van der Waals surface area contributed by atoms with E-state index in [0.717, 1.165) is 12.1 Å². The molecule has 2 aliphatic rings. The maximum Gasteiger partial charge on any atom is 0.261 e. The molecule has 10 heteroatoms. The number of carbonyl (C=O) groups excluding carboxylic acids is 2. The van der Waals surface area contributed by atoms with E-state index in [0.29, 0.717) is 67.8 Å². The third-order valence-corrected chi connectivity index (χ3v) is 7.50. The zero-order chi connectivity index (χ0) is 28.2. The Kier molecular flexibility index (Phi) is 8.37. The van der Waals surface area contributed by atoms with E-state index in [2.05, 4.69) is 20.4 Å². The van der Waals surface area contributed by atoms with Gasteiger partial charge < -0.3 is 20.4 Å². The third-order valence-electron chi connectivity index (χ3n) is 7.50. The maximum absolute atomic E-state index is 13.9. The Balaban J connectivity index is 1.33. The molecule has 7 nitrogen and oxygen atoms in total. The van der Waals surface area contributed by atoms with Crippen molar-refractivity contribution in [2.45, 2.75) is 44.1 Å². The fourth-order valence-electron chi connectivity index (χ4n) is 5.42. The fraction of sp³-hybridized carbons (Fsp3) is 0.379. The molecule has 2 amide bonds. The lowest BCUT2D eigenvalue weighted by Gasteiger charge is -2.34. The van der Waals surface area contributed by atoms with Gasteiger partial charge in [-0.1, -0.05) is 6.07 Å². The predicted octanol–water partition coefficient (Wildman–Crippen LogP) is 4.27. The molecule has 2 heterocycles. The molecule has 0 saturated carbocycles. The number of amides is 2. The highest BCUT2D eigenvalue weighted by Gasteiger charge is 2.44. The molecule has 0 aliphatic carbocycles. The minimum absolute atomic E-state index is 0.0523. The summed E-state index contributed by atoms with van der Waals surface area (Å²) in [6.45, 7) is 11.7. The Bertz CT molecular complexity index is 1400. The van der Waals surface area contributed by atoms with Crippen molar-refractivity contribution >= 4 is 11.8 Å². The van der Waals surface area contributed by atoms with Gasteiger partial charge in [-0.3, -0.25) is 9.59 Å². The van der Waals surface area contributed by atoms with Gasteiger partial charge >= 0.3 is 0 Å². The number of nitrogens with one attached hydrogen (secondary N) is 2. The van der Waals surface area contributed by atoms with Crippen molar-refractivity contribution < 1.29 is 22.8 Å². The van der Waals surface area contributed by atoms with Crippen LogP contribution in [0.15, 0.2) is 47.7 Å². The molecule has 1 saturated heterocycles. The van der Waals surface area contributed by atoms with E-state index in [1.807, 2.05) is 6.07 Å². The average molecular weight is 536 g/mol. The lowest BCUT2D eigenvalue weighted by molar-refractivity contribution is -0.121. The van der Waals surface area contributed by atoms with Crippen molar-refractivity contribution in [3.8, 4) is 6.07 Å². The second-order valence-corrected chi connectivity index (χ2v) is 9.91. The van der Waals surface area contributed by atoms with Crippen molar-refractivity contribution in [3.05, 3.63) is 93.2 Å². The van der Waals surface area contributed by atoms with Crippen LogP contribution in [0.3, 0.4) is 0 Å². The van der Waals surface area contributed by atoms with E-state index in [9.17, 15) is 28.0 Å². The van der Waals surface area contributed by atoms with Gasteiger partial charge in [0.1, 0.15) is 5.82 Å². The Hall–Kier alpha value is -4.15. The van der Waals surface area contributed by atoms with Crippen LogP contribution in [0.2, 0.25) is 0 Å². The smallest absolute Gasteiger partial charge is 0.261 e. The molecular formula is C29H28F3N5O2. The Morgan fingerprint density at radius 3 is 2.62 bits per heavy atom. The van der Waals surface area contributed by atoms with E-state index in [-0.39, 0.29) is 23.8 Å². The van der Waals surface area contributed by atoms with Crippen LogP contribution in [0.4, 0.5) is 13.2 Å². The van der Waals surface area contributed by atoms with Crippen molar-refractivity contribution in [2.24, 2.45) is 0 Å². The first-order valence-corrected chi connectivity index (χ1v) is 12.7. The molecule has 2 aromatic rings. The molecular weight excluding hydrogens is 507 g/mol. The number of halogens is 3. The lowest BCUT2D eigenvalue weighted by Crippen LogP contribution is -2.42. The summed E-state index contributed by atoms with van der Waals surface area (Å²) in [4.78, 5) is 31.2. The third kappa shape index (κ3) is 5.97. The molecule has 4 rings (SSSR count). The van der Waals surface area contributed by atoms with Gasteiger partial charge in [-0.25, -0.2) is 19.7 Å². The summed E-state index contributed by atoms with van der Waals surface area (Å²) in [5.74, 6) is -3.92. The summed E-state index contributed by atoms with van der Waals surface area (Å²) < 4.78 is 40.9. The summed E-state index contributed by atoms with van der Waals surface area (Å²) in [6, 6.07) is 9.38. The number of rotatable bonds is 7. The Morgan fingerprint density at radius 2 is 1.95 bits per heavy atom. The summed E-state index contributed by atoms with van der Waals surface area (Å²) in [5, 5.41) is 15.0. The topological polar surface area (TPSA) is 89.6 Å². The van der Waals surface area contributed by atoms with Gasteiger partial charge in [0.15, 0.2) is 11.6 Å². The summed E-state index contributed by atoms with van der Waals surface area (Å²) in [6.07, 6.45) is 1.59. The maximum atomic E-state index is 13.9. The van der Waals surface area contributed by atoms with Crippen LogP contribution in [0, 0.1) is 35.4 Å². The number of hydrogen-bond donors (Lipinski definition) is 2. The fourth-order valence-corrected chi connectivity index (χ4v) is 5.42. The van der Waals surface area contributed by atoms with Gasteiger partial charge in [0.05, 0.1) is 17.2 Å². The minimum atomic E-state index is -1.04. The molecule has 2 N–H and O–H groups in total. The van der Waals surface area contributed by atoms with Crippen LogP contribution in [0.25, 0.3) is 4.85 Å². The summed E-state index contributed by atoms with van der Waals surface area (Å²) in [7, 11) is 0. The van der Waals surface area contributed by atoms with Crippen LogP contribution in [-0.4, -0.2) is 42.9 Å². The van der Waals surface area contributed by atoms with Crippen molar-refractivity contribution in [2.75, 3.05) is 26.2 Å². The number of benzene rings is 2. The quantitative estimate of drug-likeness (QED) is 0.410. The first-order chi connectivity index (χ1) is 18.7. The molecule has 1 atom stereocenters. The lowest BCUT2D eigenvalue weighted by atomic mass is 9.79. The minimum Gasteiger partial charge on any atom is -0.352 e. The van der Waals surface area contributed by atoms with Gasteiger partial charge in [0, 0.05) is 56.1 Å². The van der Waals surface area contributed by atoms with Crippen LogP contribution in [-0.2, 0) is 15.1 Å². The van der Waals surface area contributed by atoms with E-state index in [4.69, 9.17) is 6.57 Å². The largest absolute Gasteiger partial charge is 0.352 e. The molecule has 0 bridgehead atoms. The van der Waals surface area contributed by atoms with Gasteiger partial charge in [0.25, 0.3) is 5.54 Å². The van der Waals surface area contributed by atoms with Gasteiger partial charge in [-0.2, -0.15) is 5.26 Å². The number of carbonyl (C=O) groups is 2. The SMILES string of the molecule is [C-]#[N+]C1(c2ccc(F)cc2C#N)CCN(CCCNC(=O)C2=C(C)NC(=O)CC2c2ccc(F)c(F)c2)CC1. The molecule has 39 heavy (non-hydrogen) atoms. The molecule has 0 radical (unpaired) electrons. The van der Waals surface area contributed by atoms with Crippen LogP contribution < -0.4 is 10.6 Å². The number of nitriles is 1. The van der Waals surface area contributed by atoms with E-state index in [1.165, 1.54) is 24.3 Å². The average Bonchev–Trinajstić information content (AvgIpc) is 2.92.